The van der Waals surface area contributed by atoms with Crippen LogP contribution in [0.25, 0.3) is 0 Å². The van der Waals surface area contributed by atoms with Crippen molar-refractivity contribution in [1.29, 1.82) is 0 Å². The summed E-state index contributed by atoms with van der Waals surface area (Å²) in [4.78, 5) is 0. The molecule has 0 radical (unpaired) electrons. The van der Waals surface area contributed by atoms with Gasteiger partial charge in [0.2, 0.25) is 5.92 Å². The largest absolute Gasteiger partial charge is 0.249 e. The van der Waals surface area contributed by atoms with Crippen LogP contribution >= 0.6 is 11.6 Å². The Balaban J connectivity index is 2.22. The lowest BCUT2D eigenvalue weighted by atomic mass is 9.76. The molecule has 0 saturated heterocycles. The van der Waals surface area contributed by atoms with Crippen LogP contribution in [0.3, 0.4) is 0 Å². The highest BCUT2D eigenvalue weighted by atomic mass is 35.5. The Kier molecular flexibility index (Phi) is 3.10. The molecule has 0 unspecified atom stereocenters. The molecule has 0 atom stereocenters. The van der Waals surface area contributed by atoms with Crippen molar-refractivity contribution in [2.75, 3.05) is 0 Å². The van der Waals surface area contributed by atoms with Crippen molar-refractivity contribution in [1.82, 2.24) is 10.2 Å². The molecule has 2 rings (SSSR count). The van der Waals surface area contributed by atoms with Gasteiger partial charge in [-0.15, -0.1) is 5.10 Å². The van der Waals surface area contributed by atoms with Crippen LogP contribution in [0.4, 0.5) is 8.78 Å². The first-order chi connectivity index (χ1) is 7.52. The zero-order valence-electron chi connectivity index (χ0n) is 9.01. The highest BCUT2D eigenvalue weighted by Crippen LogP contribution is 2.49. The van der Waals surface area contributed by atoms with Crippen LogP contribution in [-0.4, -0.2) is 16.1 Å². The minimum Gasteiger partial charge on any atom is -0.207 e. The van der Waals surface area contributed by atoms with E-state index in [0.717, 1.165) is 24.1 Å². The van der Waals surface area contributed by atoms with Gasteiger partial charge in [-0.25, -0.2) is 8.78 Å². The van der Waals surface area contributed by atoms with Gasteiger partial charge in [0.05, 0.1) is 5.69 Å². The van der Waals surface area contributed by atoms with Gasteiger partial charge < -0.3 is 0 Å². The summed E-state index contributed by atoms with van der Waals surface area (Å²) in [6, 6.07) is 1.68. The van der Waals surface area contributed by atoms with Crippen LogP contribution in [0.15, 0.2) is 6.07 Å². The molecule has 1 saturated carbocycles. The molecule has 88 valence electrons. The summed E-state index contributed by atoms with van der Waals surface area (Å²) in [5, 5.41) is 8.04. The molecule has 0 aromatic carbocycles. The highest BCUT2D eigenvalue weighted by Gasteiger charge is 2.46. The van der Waals surface area contributed by atoms with Crippen molar-refractivity contribution in [3.8, 4) is 0 Å². The quantitative estimate of drug-likeness (QED) is 0.815. The topological polar surface area (TPSA) is 25.8 Å². The van der Waals surface area contributed by atoms with Gasteiger partial charge in [0.1, 0.15) is 0 Å². The minimum atomic E-state index is -2.51. The fraction of sp³-hybridized carbons (Fsp3) is 0.636. The lowest BCUT2D eigenvalue weighted by Crippen LogP contribution is -2.34. The van der Waals surface area contributed by atoms with E-state index in [-0.39, 0.29) is 23.9 Å². The average molecular weight is 247 g/mol. The summed E-state index contributed by atoms with van der Waals surface area (Å²) >= 11 is 5.75. The monoisotopic (exact) mass is 246 g/mol. The van der Waals surface area contributed by atoms with Crippen LogP contribution in [-0.2, 0) is 6.42 Å². The maximum Gasteiger partial charge on any atom is 0.249 e. The van der Waals surface area contributed by atoms with E-state index < -0.39 is 5.92 Å². The van der Waals surface area contributed by atoms with Crippen molar-refractivity contribution in [3.05, 3.63) is 22.5 Å². The van der Waals surface area contributed by atoms with Crippen molar-refractivity contribution >= 4 is 11.6 Å². The summed E-state index contributed by atoms with van der Waals surface area (Å²) in [6.45, 7) is 2.02. The maximum absolute atomic E-state index is 12.8. The van der Waals surface area contributed by atoms with Gasteiger partial charge in [-0.2, -0.15) is 5.10 Å². The molecule has 1 aromatic heterocycles. The average Bonchev–Trinajstić information content (AvgIpc) is 2.17. The molecule has 1 aliphatic rings. The first kappa shape index (κ1) is 11.7. The van der Waals surface area contributed by atoms with E-state index in [1.807, 2.05) is 6.92 Å². The predicted octanol–water partition coefficient (Wildman–Crippen LogP) is 3.60. The first-order valence-electron chi connectivity index (χ1n) is 5.41. The molecule has 0 bridgehead atoms. The number of hydrogen-bond acceptors (Lipinski definition) is 2. The molecular weight excluding hydrogens is 234 g/mol. The molecule has 1 heterocycles. The number of rotatable bonds is 3. The van der Waals surface area contributed by atoms with Gasteiger partial charge in [0.15, 0.2) is 5.15 Å². The third kappa shape index (κ3) is 2.32. The number of alkyl halides is 2. The Morgan fingerprint density at radius 3 is 2.69 bits per heavy atom. The molecule has 16 heavy (non-hydrogen) atoms. The fourth-order valence-corrected chi connectivity index (χ4v) is 2.23. The first-order valence-corrected chi connectivity index (χ1v) is 5.79. The summed E-state index contributed by atoms with van der Waals surface area (Å²) in [5.74, 6) is -2.62. The second-order valence-electron chi connectivity index (χ2n) is 4.28. The lowest BCUT2D eigenvalue weighted by Gasteiger charge is -2.35. The zero-order valence-corrected chi connectivity index (χ0v) is 9.77. The number of hydrogen-bond donors (Lipinski definition) is 0. The van der Waals surface area contributed by atoms with E-state index >= 15 is 0 Å². The van der Waals surface area contributed by atoms with Gasteiger partial charge in [0.25, 0.3) is 0 Å². The fourth-order valence-electron chi connectivity index (χ4n) is 2.07. The standard InChI is InChI=1S/C11H13ClF2N2/c1-2-3-9-8(4-10(12)16-15-9)7-5-11(13,14)6-7/h4,7H,2-3,5-6H2,1H3. The Labute approximate surface area is 98.0 Å². The Hall–Kier alpha value is -0.770. The second-order valence-corrected chi connectivity index (χ2v) is 4.67. The normalized spacial score (nSPS) is 19.5. The molecule has 1 aromatic rings. The van der Waals surface area contributed by atoms with Crippen molar-refractivity contribution in [2.45, 2.75) is 44.4 Å². The number of nitrogens with zero attached hydrogens (tertiary/aromatic N) is 2. The second kappa shape index (κ2) is 4.24. The minimum absolute atomic E-state index is 0.0915. The van der Waals surface area contributed by atoms with Crippen LogP contribution in [0, 0.1) is 0 Å². The van der Waals surface area contributed by atoms with E-state index in [2.05, 4.69) is 10.2 Å². The van der Waals surface area contributed by atoms with Crippen LogP contribution in [0.5, 0.6) is 0 Å². The molecule has 2 nitrogen and oxygen atoms in total. The summed E-state index contributed by atoms with van der Waals surface area (Å²) in [6.07, 6.45) is 1.51. The van der Waals surface area contributed by atoms with Gasteiger partial charge in [-0.3, -0.25) is 0 Å². The third-order valence-electron chi connectivity index (χ3n) is 2.89. The molecule has 0 N–H and O–H groups in total. The molecular formula is C11H13ClF2N2. The van der Waals surface area contributed by atoms with Crippen LogP contribution in [0.1, 0.15) is 43.4 Å². The van der Waals surface area contributed by atoms with E-state index in [0.29, 0.717) is 0 Å². The van der Waals surface area contributed by atoms with Crippen molar-refractivity contribution in [2.24, 2.45) is 0 Å². The maximum atomic E-state index is 12.8. The summed E-state index contributed by atoms with van der Waals surface area (Å²) in [7, 11) is 0. The zero-order chi connectivity index (χ0) is 11.8. The molecule has 1 aliphatic carbocycles. The van der Waals surface area contributed by atoms with E-state index in [1.54, 1.807) is 6.07 Å². The number of aromatic nitrogens is 2. The Morgan fingerprint density at radius 2 is 2.12 bits per heavy atom. The summed E-state index contributed by atoms with van der Waals surface area (Å²) < 4.78 is 25.6. The van der Waals surface area contributed by atoms with Crippen LogP contribution in [0.2, 0.25) is 5.15 Å². The lowest BCUT2D eigenvalue weighted by molar-refractivity contribution is -0.0869. The number of halogens is 3. The highest BCUT2D eigenvalue weighted by molar-refractivity contribution is 6.29. The van der Waals surface area contributed by atoms with Gasteiger partial charge in [-0.1, -0.05) is 24.9 Å². The summed E-state index contributed by atoms with van der Waals surface area (Å²) in [5.41, 5.74) is 1.67. The van der Waals surface area contributed by atoms with E-state index in [4.69, 9.17) is 11.6 Å². The Bertz CT molecular complexity index is 388. The van der Waals surface area contributed by atoms with Gasteiger partial charge in [0, 0.05) is 12.8 Å². The Morgan fingerprint density at radius 1 is 1.44 bits per heavy atom. The molecule has 5 heteroatoms. The molecule has 0 amide bonds. The van der Waals surface area contributed by atoms with E-state index in [1.165, 1.54) is 0 Å². The van der Waals surface area contributed by atoms with Crippen molar-refractivity contribution < 1.29 is 8.78 Å². The van der Waals surface area contributed by atoms with E-state index in [9.17, 15) is 8.78 Å². The van der Waals surface area contributed by atoms with Gasteiger partial charge in [-0.05, 0) is 24.0 Å². The van der Waals surface area contributed by atoms with Crippen molar-refractivity contribution in [3.63, 3.8) is 0 Å². The molecule has 0 aliphatic heterocycles. The van der Waals surface area contributed by atoms with Crippen LogP contribution < -0.4 is 0 Å². The predicted molar refractivity (Wildman–Crippen MR) is 58.0 cm³/mol. The molecule has 1 fully saturated rings. The third-order valence-corrected chi connectivity index (χ3v) is 3.08. The SMILES string of the molecule is CCCc1nnc(Cl)cc1C1CC(F)(F)C1. The smallest absolute Gasteiger partial charge is 0.207 e. The number of aryl methyl sites for hydroxylation is 1. The molecule has 0 spiro atoms. The van der Waals surface area contributed by atoms with Gasteiger partial charge >= 0.3 is 0 Å².